The van der Waals surface area contributed by atoms with Crippen LogP contribution in [0.3, 0.4) is 0 Å². The van der Waals surface area contributed by atoms with Crippen molar-refractivity contribution in [3.8, 4) is 11.5 Å². The van der Waals surface area contributed by atoms with Crippen molar-refractivity contribution >= 4 is 5.71 Å². The molecule has 1 aromatic rings. The van der Waals surface area contributed by atoms with Crippen LogP contribution >= 0.6 is 0 Å². The number of hydrogen-bond acceptors (Lipinski definition) is 5. The third-order valence-corrected chi connectivity index (χ3v) is 2.56. The molecule has 18 heavy (non-hydrogen) atoms. The molecule has 1 rings (SSSR count). The molecule has 100 valence electrons. The first kappa shape index (κ1) is 14.3. The molecule has 1 atom stereocenters. The van der Waals surface area contributed by atoms with Gasteiger partial charge >= 0.3 is 0 Å². The Balaban J connectivity index is 2.97. The van der Waals surface area contributed by atoms with Crippen LogP contribution in [0.25, 0.3) is 0 Å². The maximum atomic E-state index is 8.97. The minimum Gasteiger partial charge on any atom is -0.497 e. The number of ether oxygens (including phenoxy) is 2. The maximum absolute atomic E-state index is 8.97. The summed E-state index contributed by atoms with van der Waals surface area (Å²) in [5.41, 5.74) is 1.16. The van der Waals surface area contributed by atoms with Crippen LogP contribution in [0.1, 0.15) is 19.4 Å². The molecule has 0 heterocycles. The highest BCUT2D eigenvalue weighted by Gasteiger charge is 2.10. The Bertz CT molecular complexity index is 417. The van der Waals surface area contributed by atoms with Crippen molar-refractivity contribution in [2.75, 3.05) is 20.3 Å². The van der Waals surface area contributed by atoms with Gasteiger partial charge in [0.25, 0.3) is 0 Å². The van der Waals surface area contributed by atoms with Crippen molar-refractivity contribution in [2.24, 2.45) is 11.1 Å². The number of methoxy groups -OCH3 is 1. The van der Waals surface area contributed by atoms with Crippen LogP contribution in [0.15, 0.2) is 23.4 Å². The predicted octanol–water partition coefficient (Wildman–Crippen LogP) is 1.90. The molecule has 5 nitrogen and oxygen atoms in total. The second-order valence-corrected chi connectivity index (χ2v) is 4.15. The number of oxime groups is 1. The molecule has 0 aliphatic carbocycles. The molecule has 0 bridgehead atoms. The zero-order valence-corrected chi connectivity index (χ0v) is 10.9. The van der Waals surface area contributed by atoms with Crippen LogP contribution in [0.5, 0.6) is 11.5 Å². The lowest BCUT2D eigenvalue weighted by molar-refractivity contribution is 0.174. The van der Waals surface area contributed by atoms with Gasteiger partial charge in [-0.2, -0.15) is 0 Å². The van der Waals surface area contributed by atoms with E-state index >= 15 is 0 Å². The van der Waals surface area contributed by atoms with E-state index in [1.54, 1.807) is 32.2 Å². The zero-order chi connectivity index (χ0) is 13.5. The molecule has 0 fully saturated rings. The van der Waals surface area contributed by atoms with E-state index in [0.29, 0.717) is 29.4 Å². The van der Waals surface area contributed by atoms with Crippen molar-refractivity contribution in [3.63, 3.8) is 0 Å². The van der Waals surface area contributed by atoms with Gasteiger partial charge in [0.2, 0.25) is 0 Å². The number of aliphatic hydroxyl groups is 1. The molecule has 1 aromatic carbocycles. The predicted molar refractivity (Wildman–Crippen MR) is 68.7 cm³/mol. The number of hydrogen-bond donors (Lipinski definition) is 2. The minimum absolute atomic E-state index is 0.0374. The molecule has 0 aliphatic rings. The highest BCUT2D eigenvalue weighted by Crippen LogP contribution is 2.26. The van der Waals surface area contributed by atoms with Crippen LogP contribution in [0.2, 0.25) is 0 Å². The fourth-order valence-electron chi connectivity index (χ4n) is 1.39. The van der Waals surface area contributed by atoms with Crippen molar-refractivity contribution in [3.05, 3.63) is 23.8 Å². The van der Waals surface area contributed by atoms with Gasteiger partial charge in [-0.1, -0.05) is 12.1 Å². The van der Waals surface area contributed by atoms with Crippen molar-refractivity contribution < 1.29 is 19.8 Å². The molecular weight excluding hydrogens is 234 g/mol. The van der Waals surface area contributed by atoms with E-state index in [2.05, 4.69) is 5.16 Å². The summed E-state index contributed by atoms with van der Waals surface area (Å²) in [6.45, 7) is 4.01. The third-order valence-electron chi connectivity index (χ3n) is 2.56. The molecule has 0 saturated heterocycles. The molecule has 1 unspecified atom stereocenters. The van der Waals surface area contributed by atoms with E-state index in [9.17, 15) is 0 Å². The molecule has 5 heteroatoms. The Morgan fingerprint density at radius 3 is 2.72 bits per heavy atom. The second kappa shape index (κ2) is 6.86. The van der Waals surface area contributed by atoms with Gasteiger partial charge in [-0.3, -0.25) is 0 Å². The summed E-state index contributed by atoms with van der Waals surface area (Å²) >= 11 is 0. The first-order valence-corrected chi connectivity index (χ1v) is 5.73. The van der Waals surface area contributed by atoms with Gasteiger partial charge in [0, 0.05) is 24.2 Å². The molecule has 0 saturated carbocycles. The quantitative estimate of drug-likeness (QED) is 0.461. The minimum atomic E-state index is 0.0374. The van der Waals surface area contributed by atoms with E-state index in [1.807, 2.05) is 6.92 Å². The van der Waals surface area contributed by atoms with E-state index in [-0.39, 0.29) is 12.5 Å². The molecule has 0 radical (unpaired) electrons. The zero-order valence-electron chi connectivity index (χ0n) is 10.9. The smallest absolute Gasteiger partial charge is 0.132 e. The molecular formula is C13H19NO4. The average molecular weight is 253 g/mol. The van der Waals surface area contributed by atoms with Gasteiger partial charge in [0.15, 0.2) is 0 Å². The number of nitrogens with zero attached hydrogens (tertiary/aromatic N) is 1. The Kier molecular flexibility index (Phi) is 5.45. The van der Waals surface area contributed by atoms with E-state index in [1.165, 1.54) is 0 Å². The first-order valence-electron chi connectivity index (χ1n) is 5.73. The van der Waals surface area contributed by atoms with Crippen LogP contribution in [0.4, 0.5) is 0 Å². The Hall–Kier alpha value is -1.75. The highest BCUT2D eigenvalue weighted by atomic mass is 16.5. The average Bonchev–Trinajstić information content (AvgIpc) is 2.43. The van der Waals surface area contributed by atoms with Crippen molar-refractivity contribution in [1.29, 1.82) is 0 Å². The lowest BCUT2D eigenvalue weighted by atomic mass is 10.1. The fourth-order valence-corrected chi connectivity index (χ4v) is 1.39. The normalized spacial score (nSPS) is 13.2. The summed E-state index contributed by atoms with van der Waals surface area (Å²) in [4.78, 5) is 0. The number of aliphatic hydroxyl groups excluding tert-OH is 1. The largest absolute Gasteiger partial charge is 0.497 e. The van der Waals surface area contributed by atoms with Crippen LogP contribution < -0.4 is 9.47 Å². The van der Waals surface area contributed by atoms with Gasteiger partial charge < -0.3 is 19.8 Å². The molecule has 0 aliphatic heterocycles. The summed E-state index contributed by atoms with van der Waals surface area (Å²) in [5.74, 6) is 1.27. The Morgan fingerprint density at radius 1 is 1.44 bits per heavy atom. The molecule has 0 aromatic heterocycles. The monoisotopic (exact) mass is 253 g/mol. The molecule has 0 amide bonds. The van der Waals surface area contributed by atoms with E-state index < -0.39 is 0 Å². The van der Waals surface area contributed by atoms with Gasteiger partial charge in [-0.15, -0.1) is 0 Å². The van der Waals surface area contributed by atoms with Crippen LogP contribution in [0, 0.1) is 5.92 Å². The summed E-state index contributed by atoms with van der Waals surface area (Å²) in [7, 11) is 1.57. The summed E-state index contributed by atoms with van der Waals surface area (Å²) < 4.78 is 10.7. The lowest BCUT2D eigenvalue weighted by Crippen LogP contribution is -2.13. The summed E-state index contributed by atoms with van der Waals surface area (Å²) in [6, 6.07) is 5.27. The Morgan fingerprint density at radius 2 is 2.17 bits per heavy atom. The maximum Gasteiger partial charge on any atom is 0.132 e. The number of benzene rings is 1. The van der Waals surface area contributed by atoms with E-state index in [4.69, 9.17) is 19.8 Å². The van der Waals surface area contributed by atoms with Gasteiger partial charge in [0.1, 0.15) is 11.5 Å². The van der Waals surface area contributed by atoms with Gasteiger partial charge in [0.05, 0.1) is 19.4 Å². The third kappa shape index (κ3) is 3.63. The molecule has 0 spiro atoms. The fraction of sp³-hybridized carbons (Fsp3) is 0.462. The summed E-state index contributed by atoms with van der Waals surface area (Å²) in [5, 5.41) is 21.0. The van der Waals surface area contributed by atoms with Crippen LogP contribution in [-0.4, -0.2) is 36.3 Å². The SMILES string of the molecule is COc1ccc(/C(C)=N/O)c(OCC(C)CO)c1. The topological polar surface area (TPSA) is 71.3 Å². The van der Waals surface area contributed by atoms with Crippen LogP contribution in [-0.2, 0) is 0 Å². The van der Waals surface area contributed by atoms with E-state index in [0.717, 1.165) is 0 Å². The number of rotatable bonds is 6. The van der Waals surface area contributed by atoms with Gasteiger partial charge in [-0.25, -0.2) is 0 Å². The van der Waals surface area contributed by atoms with Crippen molar-refractivity contribution in [1.82, 2.24) is 0 Å². The Labute approximate surface area is 107 Å². The molecule has 2 N–H and O–H groups in total. The lowest BCUT2D eigenvalue weighted by Gasteiger charge is -2.14. The second-order valence-electron chi connectivity index (χ2n) is 4.15. The van der Waals surface area contributed by atoms with Crippen molar-refractivity contribution in [2.45, 2.75) is 13.8 Å². The van der Waals surface area contributed by atoms with Gasteiger partial charge in [-0.05, 0) is 19.1 Å². The summed E-state index contributed by atoms with van der Waals surface area (Å²) in [6.07, 6.45) is 0. The first-order chi connectivity index (χ1) is 8.62. The highest BCUT2D eigenvalue weighted by molar-refractivity contribution is 6.00. The standard InChI is InChI=1S/C13H19NO4/c1-9(7-15)8-18-13-6-11(17-3)4-5-12(13)10(2)14-16/h4-6,9,15-16H,7-8H2,1-3H3/b14-10+.